The maximum Gasteiger partial charge on any atom is 0.359 e. The normalized spacial score (nSPS) is 20.1. The Hall–Kier alpha value is -3.20. The van der Waals surface area contributed by atoms with Crippen molar-refractivity contribution in [2.24, 2.45) is 0 Å². The molecule has 3 aromatic rings. The molecule has 9 heteroatoms. The van der Waals surface area contributed by atoms with Crippen LogP contribution in [-0.2, 0) is 6.54 Å². The number of ether oxygens (including phenoxy) is 1. The van der Waals surface area contributed by atoms with E-state index in [1.54, 1.807) is 6.20 Å². The number of aromatic amines is 1. The minimum atomic E-state index is -1.13. The number of aromatic carboxylic acids is 1. The third-order valence-corrected chi connectivity index (χ3v) is 6.89. The summed E-state index contributed by atoms with van der Waals surface area (Å²) in [5.74, 6) is -0.629. The fraction of sp³-hybridized carbons (Fsp3) is 0.520. The number of nitrogens with zero attached hydrogens (tertiary/aromatic N) is 4. The van der Waals surface area contributed by atoms with E-state index in [0.29, 0.717) is 18.9 Å². The Bertz CT molecular complexity index is 1080. The number of carboxylic acids is 1. The lowest BCUT2D eigenvalue weighted by Crippen LogP contribution is -2.34. The molecular formula is C25H33N5O4. The highest BCUT2D eigenvalue weighted by atomic mass is 16.5. The van der Waals surface area contributed by atoms with Crippen LogP contribution < -0.4 is 4.74 Å². The Balaban J connectivity index is 1.38. The third-order valence-electron chi connectivity index (χ3n) is 6.89. The molecule has 2 heterocycles. The summed E-state index contributed by atoms with van der Waals surface area (Å²) < 4.78 is 7.71. The zero-order valence-corrected chi connectivity index (χ0v) is 19.8. The second-order valence-electron chi connectivity index (χ2n) is 9.21. The summed E-state index contributed by atoms with van der Waals surface area (Å²) in [7, 11) is 0. The number of rotatable bonds is 10. The van der Waals surface area contributed by atoms with Gasteiger partial charge in [0.25, 0.3) is 5.88 Å². The molecule has 9 nitrogen and oxygen atoms in total. The summed E-state index contributed by atoms with van der Waals surface area (Å²) in [5.41, 5.74) is 2.53. The summed E-state index contributed by atoms with van der Waals surface area (Å²) in [5, 5.41) is 34.2. The van der Waals surface area contributed by atoms with E-state index in [-0.39, 0.29) is 17.7 Å². The number of benzene rings is 1. The van der Waals surface area contributed by atoms with E-state index >= 15 is 0 Å². The molecule has 0 radical (unpaired) electrons. The highest BCUT2D eigenvalue weighted by Gasteiger charge is 2.27. The third kappa shape index (κ3) is 5.30. The Morgan fingerprint density at radius 1 is 1.18 bits per heavy atom. The van der Waals surface area contributed by atoms with Crippen molar-refractivity contribution in [2.45, 2.75) is 83.0 Å². The highest BCUT2D eigenvalue weighted by molar-refractivity contribution is 5.87. The number of aromatic nitrogens is 5. The van der Waals surface area contributed by atoms with Crippen molar-refractivity contribution in [3.05, 3.63) is 47.8 Å². The second-order valence-corrected chi connectivity index (χ2v) is 9.21. The molecule has 1 aliphatic carbocycles. The van der Waals surface area contributed by atoms with Crippen LogP contribution in [0.4, 0.5) is 0 Å². The van der Waals surface area contributed by atoms with E-state index in [9.17, 15) is 9.90 Å². The van der Waals surface area contributed by atoms with Crippen LogP contribution >= 0.6 is 0 Å². The standard InChI is InChI=1S/C25H33N5O4/c1-3-14-25(33,4-2)16-30-21(13-15-26-30)19-7-5-17(6-8-19)18-9-11-20(12-10-18)34-23-22(24(31)32)27-29-28-23/h5-8,13,15,18,20,33H,3-4,9-12,14,16H2,1-2H3,(H,31,32)(H,27,28,29)/t18-,20-,25?. The fourth-order valence-electron chi connectivity index (χ4n) is 4.85. The summed E-state index contributed by atoms with van der Waals surface area (Å²) in [6.07, 6.45) is 7.69. The minimum Gasteiger partial charge on any atom is -0.476 e. The van der Waals surface area contributed by atoms with E-state index < -0.39 is 11.6 Å². The molecule has 34 heavy (non-hydrogen) atoms. The fourth-order valence-corrected chi connectivity index (χ4v) is 4.85. The van der Waals surface area contributed by atoms with E-state index in [4.69, 9.17) is 9.84 Å². The van der Waals surface area contributed by atoms with Crippen molar-refractivity contribution in [1.29, 1.82) is 0 Å². The zero-order valence-electron chi connectivity index (χ0n) is 19.8. The van der Waals surface area contributed by atoms with Crippen molar-refractivity contribution in [3.63, 3.8) is 0 Å². The minimum absolute atomic E-state index is 0.0609. The van der Waals surface area contributed by atoms with Gasteiger partial charge in [-0.1, -0.05) is 54.8 Å². The van der Waals surface area contributed by atoms with Gasteiger partial charge in [0, 0.05) is 6.20 Å². The maximum atomic E-state index is 11.2. The first-order valence-electron chi connectivity index (χ1n) is 12.1. The average Bonchev–Trinajstić information content (AvgIpc) is 3.49. The molecule has 182 valence electrons. The molecule has 2 aromatic heterocycles. The Morgan fingerprint density at radius 3 is 2.56 bits per heavy atom. The van der Waals surface area contributed by atoms with Crippen LogP contribution in [0.15, 0.2) is 36.5 Å². The molecule has 1 aliphatic rings. The topological polar surface area (TPSA) is 126 Å². The molecule has 1 atom stereocenters. The lowest BCUT2D eigenvalue weighted by Gasteiger charge is -2.29. The summed E-state index contributed by atoms with van der Waals surface area (Å²) in [6.45, 7) is 4.59. The van der Waals surface area contributed by atoms with Gasteiger partial charge in [-0.2, -0.15) is 5.10 Å². The van der Waals surface area contributed by atoms with Gasteiger partial charge in [-0.05, 0) is 61.6 Å². The van der Waals surface area contributed by atoms with Crippen LogP contribution in [0.5, 0.6) is 5.88 Å². The number of hydrogen-bond donors (Lipinski definition) is 3. The van der Waals surface area contributed by atoms with Crippen LogP contribution in [0.3, 0.4) is 0 Å². The number of carbonyl (C=O) groups is 1. The first-order valence-corrected chi connectivity index (χ1v) is 12.1. The number of H-pyrrole nitrogens is 1. The van der Waals surface area contributed by atoms with E-state index in [2.05, 4.69) is 51.7 Å². The Labute approximate surface area is 199 Å². The summed E-state index contributed by atoms with van der Waals surface area (Å²) in [6, 6.07) is 10.6. The Kier molecular flexibility index (Phi) is 7.31. The lowest BCUT2D eigenvalue weighted by atomic mass is 9.82. The SMILES string of the molecule is CCCC(O)(CC)Cn1nccc1-c1ccc([C@H]2CC[C@H](Oc3nn[nH]c3C(=O)O)CC2)cc1. The van der Waals surface area contributed by atoms with E-state index in [1.165, 1.54) is 5.56 Å². The van der Waals surface area contributed by atoms with Crippen LogP contribution in [-0.4, -0.2) is 53.1 Å². The highest BCUT2D eigenvalue weighted by Crippen LogP contribution is 2.35. The smallest absolute Gasteiger partial charge is 0.359 e. The summed E-state index contributed by atoms with van der Waals surface area (Å²) >= 11 is 0. The first kappa shape index (κ1) is 23.9. The van der Waals surface area contributed by atoms with Crippen LogP contribution in [0.2, 0.25) is 0 Å². The van der Waals surface area contributed by atoms with Gasteiger partial charge in [0.15, 0.2) is 0 Å². The van der Waals surface area contributed by atoms with Gasteiger partial charge in [-0.3, -0.25) is 4.68 Å². The van der Waals surface area contributed by atoms with Gasteiger partial charge in [0.2, 0.25) is 5.69 Å². The molecule has 1 unspecified atom stereocenters. The number of aliphatic hydroxyl groups is 1. The first-order chi connectivity index (χ1) is 16.4. The molecule has 0 saturated heterocycles. The van der Waals surface area contributed by atoms with Crippen LogP contribution in [0.25, 0.3) is 11.3 Å². The predicted octanol–water partition coefficient (Wildman–Crippen LogP) is 4.41. The van der Waals surface area contributed by atoms with E-state index in [0.717, 1.165) is 49.8 Å². The molecule has 1 saturated carbocycles. The number of hydrogen-bond acceptors (Lipinski definition) is 6. The van der Waals surface area contributed by atoms with Gasteiger partial charge in [-0.15, -0.1) is 0 Å². The van der Waals surface area contributed by atoms with E-state index in [1.807, 2.05) is 17.7 Å². The van der Waals surface area contributed by atoms with Crippen LogP contribution in [0.1, 0.15) is 80.8 Å². The Morgan fingerprint density at radius 2 is 1.91 bits per heavy atom. The van der Waals surface area contributed by atoms with Gasteiger partial charge in [0.1, 0.15) is 6.10 Å². The molecule has 0 spiro atoms. The van der Waals surface area contributed by atoms with Crippen molar-refractivity contribution < 1.29 is 19.7 Å². The van der Waals surface area contributed by atoms with Crippen molar-refractivity contribution >= 4 is 5.97 Å². The molecule has 0 bridgehead atoms. The zero-order chi connectivity index (χ0) is 24.1. The molecule has 0 amide bonds. The number of nitrogens with one attached hydrogen (secondary N) is 1. The van der Waals surface area contributed by atoms with Crippen molar-refractivity contribution in [2.75, 3.05) is 0 Å². The van der Waals surface area contributed by atoms with Gasteiger partial charge < -0.3 is 14.9 Å². The van der Waals surface area contributed by atoms with Crippen molar-refractivity contribution in [1.82, 2.24) is 25.2 Å². The van der Waals surface area contributed by atoms with Gasteiger partial charge in [0.05, 0.1) is 17.8 Å². The molecule has 3 N–H and O–H groups in total. The molecule has 4 rings (SSSR count). The largest absolute Gasteiger partial charge is 0.476 e. The van der Waals surface area contributed by atoms with Crippen molar-refractivity contribution in [3.8, 4) is 17.1 Å². The molecule has 0 aliphatic heterocycles. The second kappa shape index (κ2) is 10.4. The van der Waals surface area contributed by atoms with Gasteiger partial charge >= 0.3 is 5.97 Å². The van der Waals surface area contributed by atoms with Crippen LogP contribution in [0, 0.1) is 0 Å². The quantitative estimate of drug-likeness (QED) is 0.403. The number of carboxylic acid groups (broad SMARTS) is 1. The maximum absolute atomic E-state index is 11.2. The molecule has 1 fully saturated rings. The summed E-state index contributed by atoms with van der Waals surface area (Å²) in [4.78, 5) is 11.2. The molecular weight excluding hydrogens is 434 g/mol. The average molecular weight is 468 g/mol. The van der Waals surface area contributed by atoms with Gasteiger partial charge in [-0.25, -0.2) is 9.89 Å². The lowest BCUT2D eigenvalue weighted by molar-refractivity contribution is 0.00713. The molecule has 1 aromatic carbocycles. The predicted molar refractivity (Wildman–Crippen MR) is 127 cm³/mol. The monoisotopic (exact) mass is 467 g/mol.